The van der Waals surface area contributed by atoms with E-state index < -0.39 is 12.3 Å². The highest BCUT2D eigenvalue weighted by Gasteiger charge is 2.03. The molecule has 0 spiro atoms. The first-order chi connectivity index (χ1) is 4.16. The zero-order valence-electron chi connectivity index (χ0n) is 4.74. The van der Waals surface area contributed by atoms with Crippen LogP contribution in [0.15, 0.2) is 0 Å². The predicted molar refractivity (Wildman–Crippen MR) is 28.9 cm³/mol. The van der Waals surface area contributed by atoms with Crippen LogP contribution in [-0.4, -0.2) is 34.2 Å². The fourth-order valence-electron chi connectivity index (χ4n) is 0.337. The van der Waals surface area contributed by atoms with Crippen molar-refractivity contribution in [1.29, 1.82) is 0 Å². The van der Waals surface area contributed by atoms with Crippen molar-refractivity contribution in [3.8, 4) is 0 Å². The van der Waals surface area contributed by atoms with Crippen LogP contribution in [0, 0.1) is 0 Å². The number of carbonyl (C=O) groups is 1. The third-order valence-corrected chi connectivity index (χ3v) is 0.693. The normalized spacial score (nSPS) is 12.7. The quantitative estimate of drug-likeness (QED) is 0.372. The second-order valence-corrected chi connectivity index (χ2v) is 1.48. The van der Waals surface area contributed by atoms with Crippen LogP contribution in [0.2, 0.25) is 0 Å². The lowest BCUT2D eigenvalue weighted by molar-refractivity contribution is 0.0967. The van der Waals surface area contributed by atoms with Crippen molar-refractivity contribution in [1.82, 2.24) is 5.32 Å². The van der Waals surface area contributed by atoms with Gasteiger partial charge in [0.1, 0.15) is 6.23 Å². The minimum atomic E-state index is -1.30. The van der Waals surface area contributed by atoms with Gasteiger partial charge in [-0.25, -0.2) is 4.79 Å². The first kappa shape index (κ1) is 8.19. The van der Waals surface area contributed by atoms with Gasteiger partial charge in [-0.2, -0.15) is 0 Å². The van der Waals surface area contributed by atoms with Gasteiger partial charge in [-0.15, -0.1) is 0 Å². The number of aliphatic hydroxyl groups excluding tert-OH is 2. The van der Waals surface area contributed by atoms with Gasteiger partial charge >= 0.3 is 6.09 Å². The SMILES string of the molecule is O=C(O)NC(O)CCO. The maximum atomic E-state index is 9.73. The minimum absolute atomic E-state index is 0.0201. The van der Waals surface area contributed by atoms with Crippen LogP contribution >= 0.6 is 0 Å². The van der Waals surface area contributed by atoms with Gasteiger partial charge in [0.15, 0.2) is 0 Å². The Morgan fingerprint density at radius 2 is 2.22 bits per heavy atom. The van der Waals surface area contributed by atoms with Gasteiger partial charge in [0.25, 0.3) is 0 Å². The number of hydrogen-bond acceptors (Lipinski definition) is 3. The lowest BCUT2D eigenvalue weighted by Gasteiger charge is -2.06. The summed E-state index contributed by atoms with van der Waals surface area (Å²) in [5.41, 5.74) is 0. The smallest absolute Gasteiger partial charge is 0.406 e. The zero-order valence-corrected chi connectivity index (χ0v) is 4.74. The first-order valence-electron chi connectivity index (χ1n) is 2.45. The topological polar surface area (TPSA) is 89.8 Å². The molecule has 0 aliphatic rings. The Kier molecular flexibility index (Phi) is 3.74. The summed E-state index contributed by atoms with van der Waals surface area (Å²) < 4.78 is 0. The number of carboxylic acid groups (broad SMARTS) is 1. The van der Waals surface area contributed by atoms with E-state index in [4.69, 9.17) is 15.3 Å². The van der Waals surface area contributed by atoms with Crippen LogP contribution < -0.4 is 5.32 Å². The van der Waals surface area contributed by atoms with Crippen molar-refractivity contribution in [2.24, 2.45) is 0 Å². The number of hydrogen-bond donors (Lipinski definition) is 4. The summed E-state index contributed by atoms with van der Waals surface area (Å²) in [5.74, 6) is 0. The van der Waals surface area contributed by atoms with Crippen molar-refractivity contribution in [3.63, 3.8) is 0 Å². The van der Waals surface area contributed by atoms with Crippen molar-refractivity contribution >= 4 is 6.09 Å². The molecular weight excluding hydrogens is 126 g/mol. The molecule has 0 aliphatic carbocycles. The van der Waals surface area contributed by atoms with Gasteiger partial charge in [0, 0.05) is 13.0 Å². The van der Waals surface area contributed by atoms with Crippen molar-refractivity contribution in [2.45, 2.75) is 12.6 Å². The molecule has 0 rings (SSSR count). The minimum Gasteiger partial charge on any atom is -0.465 e. The lowest BCUT2D eigenvalue weighted by Crippen LogP contribution is -2.33. The summed E-state index contributed by atoms with van der Waals surface area (Å²) in [6.45, 7) is -0.235. The molecule has 4 N–H and O–H groups in total. The molecule has 1 atom stereocenters. The maximum absolute atomic E-state index is 9.73. The summed E-state index contributed by atoms with van der Waals surface area (Å²) in [4.78, 5) is 9.73. The number of nitrogens with one attached hydrogen (secondary N) is 1. The van der Waals surface area contributed by atoms with E-state index in [1.807, 2.05) is 0 Å². The molecule has 0 aromatic heterocycles. The van der Waals surface area contributed by atoms with Crippen LogP contribution in [0.4, 0.5) is 4.79 Å². The summed E-state index contributed by atoms with van der Waals surface area (Å²) in [6, 6.07) is 0. The Morgan fingerprint density at radius 3 is 2.56 bits per heavy atom. The first-order valence-corrected chi connectivity index (χ1v) is 2.45. The molecule has 0 aromatic carbocycles. The second-order valence-electron chi connectivity index (χ2n) is 1.48. The average molecular weight is 135 g/mol. The summed E-state index contributed by atoms with van der Waals surface area (Å²) in [6.07, 6.45) is -2.44. The van der Waals surface area contributed by atoms with Gasteiger partial charge in [-0.1, -0.05) is 0 Å². The third-order valence-electron chi connectivity index (χ3n) is 0.693. The van der Waals surface area contributed by atoms with Crippen LogP contribution in [0.1, 0.15) is 6.42 Å². The molecule has 5 nitrogen and oxygen atoms in total. The molecule has 0 radical (unpaired) electrons. The summed E-state index contributed by atoms with van der Waals surface area (Å²) in [5, 5.41) is 26.4. The summed E-state index contributed by atoms with van der Waals surface area (Å²) in [7, 11) is 0. The van der Waals surface area contributed by atoms with Gasteiger partial charge in [0.05, 0.1) is 0 Å². The second kappa shape index (κ2) is 4.11. The molecule has 0 saturated carbocycles. The summed E-state index contributed by atoms with van der Waals surface area (Å²) >= 11 is 0. The number of amides is 1. The molecule has 1 unspecified atom stereocenters. The van der Waals surface area contributed by atoms with E-state index >= 15 is 0 Å². The van der Waals surface area contributed by atoms with Crippen molar-refractivity contribution < 1.29 is 20.1 Å². The van der Waals surface area contributed by atoms with E-state index in [1.54, 1.807) is 5.32 Å². The predicted octanol–water partition coefficient (Wildman–Crippen LogP) is -1.05. The van der Waals surface area contributed by atoms with E-state index in [2.05, 4.69) is 0 Å². The molecule has 0 aliphatic heterocycles. The molecular formula is C4H9NO4. The molecule has 54 valence electrons. The molecule has 5 heteroatoms. The van der Waals surface area contributed by atoms with Crippen LogP contribution in [-0.2, 0) is 0 Å². The van der Waals surface area contributed by atoms with E-state index in [0.717, 1.165) is 0 Å². The fourth-order valence-corrected chi connectivity index (χ4v) is 0.337. The highest BCUT2D eigenvalue weighted by atomic mass is 16.4. The van der Waals surface area contributed by atoms with Crippen LogP contribution in [0.25, 0.3) is 0 Å². The Hall–Kier alpha value is -0.810. The highest BCUT2D eigenvalue weighted by Crippen LogP contribution is 1.82. The van der Waals surface area contributed by atoms with Gasteiger partial charge in [0.2, 0.25) is 0 Å². The molecule has 0 bridgehead atoms. The van der Waals surface area contributed by atoms with Crippen molar-refractivity contribution in [2.75, 3.05) is 6.61 Å². The lowest BCUT2D eigenvalue weighted by atomic mass is 10.4. The van der Waals surface area contributed by atoms with E-state index in [-0.39, 0.29) is 13.0 Å². The molecule has 0 aromatic rings. The standard InChI is InChI=1S/C4H9NO4/c6-2-1-3(7)5-4(8)9/h3,5-7H,1-2H2,(H,8,9). The van der Waals surface area contributed by atoms with Crippen molar-refractivity contribution in [3.05, 3.63) is 0 Å². The van der Waals surface area contributed by atoms with E-state index in [9.17, 15) is 4.79 Å². The average Bonchev–Trinajstić information content (AvgIpc) is 1.63. The molecule has 0 fully saturated rings. The molecule has 0 heterocycles. The molecule has 1 amide bonds. The fraction of sp³-hybridized carbons (Fsp3) is 0.750. The Bertz CT molecular complexity index is 94.6. The zero-order chi connectivity index (χ0) is 7.28. The monoisotopic (exact) mass is 135 g/mol. The van der Waals surface area contributed by atoms with Crippen LogP contribution in [0.3, 0.4) is 0 Å². The van der Waals surface area contributed by atoms with Crippen LogP contribution in [0.5, 0.6) is 0 Å². The van der Waals surface area contributed by atoms with Gasteiger partial charge < -0.3 is 15.3 Å². The largest absolute Gasteiger partial charge is 0.465 e. The maximum Gasteiger partial charge on any atom is 0.406 e. The van der Waals surface area contributed by atoms with Gasteiger partial charge in [-0.3, -0.25) is 5.32 Å². The Morgan fingerprint density at radius 1 is 1.67 bits per heavy atom. The number of rotatable bonds is 3. The highest BCUT2D eigenvalue weighted by molar-refractivity contribution is 5.64. The Balaban J connectivity index is 3.26. The van der Waals surface area contributed by atoms with Gasteiger partial charge in [-0.05, 0) is 0 Å². The molecule has 9 heavy (non-hydrogen) atoms. The number of aliphatic hydroxyl groups is 2. The Labute approximate surface area is 51.9 Å². The van der Waals surface area contributed by atoms with E-state index in [1.165, 1.54) is 0 Å². The molecule has 0 saturated heterocycles. The third kappa shape index (κ3) is 5.05. The van der Waals surface area contributed by atoms with E-state index in [0.29, 0.717) is 0 Å².